The Morgan fingerprint density at radius 3 is 2.61 bits per heavy atom. The molecule has 1 aromatic carbocycles. The Hall–Kier alpha value is -2.00. The minimum absolute atomic E-state index is 0.0111. The summed E-state index contributed by atoms with van der Waals surface area (Å²) in [7, 11) is 2.09. The van der Waals surface area contributed by atoms with E-state index < -0.39 is 17.6 Å². The molecule has 1 saturated heterocycles. The van der Waals surface area contributed by atoms with Gasteiger partial charge in [-0.3, -0.25) is 14.5 Å². The lowest BCUT2D eigenvalue weighted by Gasteiger charge is -2.37. The van der Waals surface area contributed by atoms with Gasteiger partial charge in [0.15, 0.2) is 0 Å². The Kier molecular flexibility index (Phi) is 7.01. The summed E-state index contributed by atoms with van der Waals surface area (Å²) in [6, 6.07) is 5.80. The molecule has 1 aliphatic heterocycles. The number of likely N-dealkylation sites (N-methyl/N-ethyl adjacent to an activating group) is 1. The number of thiophene rings is 1. The quantitative estimate of drug-likeness (QED) is 0.724. The lowest BCUT2D eigenvalue weighted by atomic mass is 10.1. The van der Waals surface area contributed by atoms with Crippen LogP contribution in [-0.2, 0) is 9.59 Å². The van der Waals surface area contributed by atoms with Gasteiger partial charge in [0.05, 0.1) is 11.1 Å². The van der Waals surface area contributed by atoms with E-state index >= 15 is 0 Å². The minimum atomic E-state index is -0.815. The van der Waals surface area contributed by atoms with E-state index in [4.69, 9.17) is 11.6 Å². The molecular weight excluding hydrogens is 403 g/mol. The Labute approximate surface area is 172 Å². The van der Waals surface area contributed by atoms with Crippen LogP contribution in [0.15, 0.2) is 35.0 Å². The maximum atomic E-state index is 13.2. The molecule has 0 spiro atoms. The molecule has 0 bridgehead atoms. The van der Waals surface area contributed by atoms with Crippen LogP contribution in [0.4, 0.5) is 10.1 Å². The molecule has 2 heterocycles. The molecule has 1 aliphatic rings. The predicted molar refractivity (Wildman–Crippen MR) is 109 cm³/mol. The van der Waals surface area contributed by atoms with Crippen LogP contribution < -0.4 is 10.6 Å². The van der Waals surface area contributed by atoms with E-state index in [2.05, 4.69) is 32.9 Å². The first kappa shape index (κ1) is 20.7. The van der Waals surface area contributed by atoms with Crippen molar-refractivity contribution >= 4 is 40.4 Å². The smallest absolute Gasteiger partial charge is 0.313 e. The van der Waals surface area contributed by atoms with E-state index in [0.717, 1.165) is 37.8 Å². The number of carbonyl (C=O) groups excluding carboxylic acids is 2. The number of hydrogen-bond acceptors (Lipinski definition) is 5. The van der Waals surface area contributed by atoms with Gasteiger partial charge in [0, 0.05) is 38.4 Å². The number of nitrogens with zero attached hydrogens (tertiary/aromatic N) is 2. The molecule has 0 radical (unpaired) electrons. The molecule has 2 amide bonds. The second-order valence-electron chi connectivity index (χ2n) is 6.70. The number of amides is 2. The van der Waals surface area contributed by atoms with Crippen molar-refractivity contribution in [2.75, 3.05) is 45.1 Å². The van der Waals surface area contributed by atoms with E-state index in [1.807, 2.05) is 11.4 Å². The summed E-state index contributed by atoms with van der Waals surface area (Å²) in [5.74, 6) is -2.14. The highest BCUT2D eigenvalue weighted by Gasteiger charge is 2.25. The average molecular weight is 425 g/mol. The highest BCUT2D eigenvalue weighted by Crippen LogP contribution is 2.24. The maximum Gasteiger partial charge on any atom is 0.313 e. The van der Waals surface area contributed by atoms with Crippen LogP contribution >= 0.6 is 22.9 Å². The molecule has 150 valence electrons. The van der Waals surface area contributed by atoms with Crippen LogP contribution in [0.2, 0.25) is 5.02 Å². The molecule has 0 saturated carbocycles. The second-order valence-corrected chi connectivity index (χ2v) is 7.89. The summed E-state index contributed by atoms with van der Waals surface area (Å²) in [5.41, 5.74) is 1.39. The number of hydrogen-bond donors (Lipinski definition) is 2. The summed E-state index contributed by atoms with van der Waals surface area (Å²) in [6.07, 6.45) is 0. The first-order valence-electron chi connectivity index (χ1n) is 8.93. The molecule has 1 fully saturated rings. The zero-order valence-corrected chi connectivity index (χ0v) is 17.0. The van der Waals surface area contributed by atoms with Crippen LogP contribution in [0.5, 0.6) is 0 Å². The number of piperazine rings is 1. The van der Waals surface area contributed by atoms with Crippen molar-refractivity contribution in [3.63, 3.8) is 0 Å². The average Bonchev–Trinajstić information content (AvgIpc) is 3.20. The third-order valence-corrected chi connectivity index (χ3v) is 5.74. The van der Waals surface area contributed by atoms with Crippen molar-refractivity contribution in [1.82, 2.24) is 15.1 Å². The SMILES string of the molecule is CN1CCN(C(CNC(=O)C(=O)Nc2ccc(F)c(Cl)c2)c2ccsc2)CC1. The van der Waals surface area contributed by atoms with Gasteiger partial charge in [-0.05, 0) is 47.6 Å². The minimum Gasteiger partial charge on any atom is -0.346 e. The zero-order chi connectivity index (χ0) is 20.1. The van der Waals surface area contributed by atoms with Gasteiger partial charge < -0.3 is 15.5 Å². The molecule has 28 heavy (non-hydrogen) atoms. The van der Waals surface area contributed by atoms with E-state index in [9.17, 15) is 14.0 Å². The van der Waals surface area contributed by atoms with Crippen LogP contribution in [0.1, 0.15) is 11.6 Å². The Morgan fingerprint density at radius 1 is 1.21 bits per heavy atom. The van der Waals surface area contributed by atoms with Crippen molar-refractivity contribution < 1.29 is 14.0 Å². The number of rotatable bonds is 5. The molecular formula is C19H22ClFN4O2S. The van der Waals surface area contributed by atoms with Crippen LogP contribution in [0, 0.1) is 5.82 Å². The third kappa shape index (κ3) is 5.29. The van der Waals surface area contributed by atoms with E-state index in [-0.39, 0.29) is 16.8 Å². The molecule has 1 unspecified atom stereocenters. The third-order valence-electron chi connectivity index (χ3n) is 4.75. The molecule has 9 heteroatoms. The fraction of sp³-hybridized carbons (Fsp3) is 0.368. The second kappa shape index (κ2) is 9.47. The topological polar surface area (TPSA) is 64.7 Å². The standard InChI is InChI=1S/C19H22ClFN4O2S/c1-24-5-7-25(8-6-24)17(13-4-9-28-12-13)11-22-18(26)19(27)23-14-2-3-16(21)15(20)10-14/h2-4,9-10,12,17H,5-8,11H2,1H3,(H,22,26)(H,23,27). The summed E-state index contributed by atoms with van der Waals surface area (Å²) in [5, 5.41) is 9.10. The fourth-order valence-electron chi connectivity index (χ4n) is 3.09. The van der Waals surface area contributed by atoms with Gasteiger partial charge in [-0.2, -0.15) is 11.3 Å². The van der Waals surface area contributed by atoms with Gasteiger partial charge in [-0.15, -0.1) is 0 Å². The molecule has 1 aromatic heterocycles. The number of benzene rings is 1. The number of carbonyl (C=O) groups is 2. The lowest BCUT2D eigenvalue weighted by Crippen LogP contribution is -2.49. The van der Waals surface area contributed by atoms with Gasteiger partial charge >= 0.3 is 11.8 Å². The predicted octanol–water partition coefficient (Wildman–Crippen LogP) is 2.58. The number of anilines is 1. The molecule has 2 N–H and O–H groups in total. The van der Waals surface area contributed by atoms with Gasteiger partial charge in [-0.1, -0.05) is 11.6 Å². The largest absolute Gasteiger partial charge is 0.346 e. The number of halogens is 2. The van der Waals surface area contributed by atoms with E-state index in [1.165, 1.54) is 12.1 Å². The van der Waals surface area contributed by atoms with E-state index in [0.29, 0.717) is 6.54 Å². The zero-order valence-electron chi connectivity index (χ0n) is 15.5. The Bertz CT molecular complexity index is 825. The summed E-state index contributed by atoms with van der Waals surface area (Å²) < 4.78 is 13.2. The highest BCUT2D eigenvalue weighted by atomic mass is 35.5. The first-order chi connectivity index (χ1) is 13.4. The van der Waals surface area contributed by atoms with Gasteiger partial charge in [0.25, 0.3) is 0 Å². The summed E-state index contributed by atoms with van der Waals surface area (Å²) in [4.78, 5) is 29.0. The molecule has 6 nitrogen and oxygen atoms in total. The van der Waals surface area contributed by atoms with Crippen LogP contribution in [0.25, 0.3) is 0 Å². The summed E-state index contributed by atoms with van der Waals surface area (Å²) >= 11 is 7.30. The van der Waals surface area contributed by atoms with Gasteiger partial charge in [-0.25, -0.2) is 4.39 Å². The van der Waals surface area contributed by atoms with Crippen LogP contribution in [-0.4, -0.2) is 61.4 Å². The normalized spacial score (nSPS) is 16.5. The fourth-order valence-corrected chi connectivity index (χ4v) is 3.97. The summed E-state index contributed by atoms with van der Waals surface area (Å²) in [6.45, 7) is 4.04. The molecule has 3 rings (SSSR count). The van der Waals surface area contributed by atoms with E-state index in [1.54, 1.807) is 11.3 Å². The van der Waals surface area contributed by atoms with Gasteiger partial charge in [0.1, 0.15) is 5.82 Å². The molecule has 1 atom stereocenters. The van der Waals surface area contributed by atoms with Crippen LogP contribution in [0.3, 0.4) is 0 Å². The van der Waals surface area contributed by atoms with Crippen molar-refractivity contribution in [3.8, 4) is 0 Å². The Morgan fingerprint density at radius 2 is 1.96 bits per heavy atom. The maximum absolute atomic E-state index is 13.2. The van der Waals surface area contributed by atoms with Crippen molar-refractivity contribution in [2.45, 2.75) is 6.04 Å². The Balaban J connectivity index is 1.59. The highest BCUT2D eigenvalue weighted by molar-refractivity contribution is 7.08. The van der Waals surface area contributed by atoms with Crippen molar-refractivity contribution in [3.05, 3.63) is 51.4 Å². The first-order valence-corrected chi connectivity index (χ1v) is 10.2. The van der Waals surface area contributed by atoms with Gasteiger partial charge in [0.2, 0.25) is 0 Å². The monoisotopic (exact) mass is 424 g/mol. The van der Waals surface area contributed by atoms with Crippen molar-refractivity contribution in [1.29, 1.82) is 0 Å². The number of nitrogens with one attached hydrogen (secondary N) is 2. The van der Waals surface area contributed by atoms with Crippen molar-refractivity contribution in [2.24, 2.45) is 0 Å². The lowest BCUT2D eigenvalue weighted by molar-refractivity contribution is -0.136. The molecule has 2 aromatic rings. The molecule has 0 aliphatic carbocycles.